The van der Waals surface area contributed by atoms with Gasteiger partial charge in [0.05, 0.1) is 19.2 Å². The summed E-state index contributed by atoms with van der Waals surface area (Å²) >= 11 is 0. The zero-order valence-corrected chi connectivity index (χ0v) is 17.3. The lowest BCUT2D eigenvalue weighted by molar-refractivity contribution is -0.122. The lowest BCUT2D eigenvalue weighted by Crippen LogP contribution is -2.51. The van der Waals surface area contributed by atoms with E-state index in [1.165, 1.54) is 21.8 Å². The molecule has 1 atom stereocenters. The fourth-order valence-corrected chi connectivity index (χ4v) is 4.60. The number of para-hydroxylation sites is 2. The van der Waals surface area contributed by atoms with Gasteiger partial charge in [-0.1, -0.05) is 36.4 Å². The van der Waals surface area contributed by atoms with Crippen molar-refractivity contribution in [3.05, 3.63) is 48.5 Å². The van der Waals surface area contributed by atoms with Gasteiger partial charge in [0.15, 0.2) is 0 Å². The van der Waals surface area contributed by atoms with Gasteiger partial charge in [0.25, 0.3) is 0 Å². The minimum absolute atomic E-state index is 0.150. The van der Waals surface area contributed by atoms with Gasteiger partial charge in [-0.2, -0.15) is 0 Å². The molecule has 0 radical (unpaired) electrons. The molecule has 5 rings (SSSR count). The average Bonchev–Trinajstić information content (AvgIpc) is 3.52. The first-order valence-corrected chi connectivity index (χ1v) is 11.1. The molecule has 1 aliphatic heterocycles. The Morgan fingerprint density at radius 3 is 2.07 bits per heavy atom. The number of fused-ring (bicyclic) bond motifs is 3. The average molecular weight is 407 g/mol. The van der Waals surface area contributed by atoms with Crippen molar-refractivity contribution in [3.63, 3.8) is 0 Å². The van der Waals surface area contributed by atoms with E-state index >= 15 is 0 Å². The second kappa shape index (κ2) is 8.38. The molecular weight excluding hydrogens is 376 g/mol. The molecule has 2 heterocycles. The molecule has 0 spiro atoms. The number of rotatable bonds is 7. The van der Waals surface area contributed by atoms with E-state index in [1.807, 2.05) is 0 Å². The minimum Gasteiger partial charge on any atom is -0.390 e. The van der Waals surface area contributed by atoms with Crippen molar-refractivity contribution < 1.29 is 9.90 Å². The third-order valence-corrected chi connectivity index (χ3v) is 6.32. The standard InChI is InChI=1S/C24H30N4O2/c29-19(15-26-11-13-27(14-12-26)17-24(30)25-18-9-10-18)16-28-22-7-3-1-5-20(22)21-6-2-4-8-23(21)28/h1-8,18-19,29H,9-17H2,(H,25,30)/t19-/m1/s1. The molecular formula is C24H30N4O2. The molecule has 2 aliphatic rings. The third kappa shape index (κ3) is 4.21. The van der Waals surface area contributed by atoms with E-state index in [0.29, 0.717) is 25.7 Å². The van der Waals surface area contributed by atoms with Crippen LogP contribution >= 0.6 is 0 Å². The number of nitrogens with zero attached hydrogens (tertiary/aromatic N) is 3. The number of nitrogens with one attached hydrogen (secondary N) is 1. The smallest absolute Gasteiger partial charge is 0.234 e. The highest BCUT2D eigenvalue weighted by molar-refractivity contribution is 6.07. The highest BCUT2D eigenvalue weighted by Crippen LogP contribution is 2.29. The summed E-state index contributed by atoms with van der Waals surface area (Å²) in [5, 5.41) is 16.4. The molecule has 6 nitrogen and oxygen atoms in total. The lowest BCUT2D eigenvalue weighted by atomic mass is 10.2. The molecule has 2 N–H and O–H groups in total. The summed E-state index contributed by atoms with van der Waals surface area (Å²) in [5.74, 6) is 0.150. The second-order valence-corrected chi connectivity index (χ2v) is 8.72. The Balaban J connectivity index is 1.19. The number of hydrogen-bond acceptors (Lipinski definition) is 4. The third-order valence-electron chi connectivity index (χ3n) is 6.32. The predicted molar refractivity (Wildman–Crippen MR) is 119 cm³/mol. The first-order chi connectivity index (χ1) is 14.7. The van der Waals surface area contributed by atoms with Gasteiger partial charge in [0.2, 0.25) is 5.91 Å². The number of carbonyl (C=O) groups excluding carboxylic acids is 1. The van der Waals surface area contributed by atoms with Gasteiger partial charge in [-0.3, -0.25) is 14.6 Å². The van der Waals surface area contributed by atoms with Crippen LogP contribution in [0.2, 0.25) is 0 Å². The topological polar surface area (TPSA) is 60.7 Å². The van der Waals surface area contributed by atoms with Gasteiger partial charge in [-0.25, -0.2) is 0 Å². The van der Waals surface area contributed by atoms with Gasteiger partial charge in [-0.05, 0) is 25.0 Å². The SMILES string of the molecule is O=C(CN1CCN(C[C@@H](O)Cn2c3ccccc3c3ccccc32)CC1)NC1CC1. The van der Waals surface area contributed by atoms with Crippen molar-refractivity contribution >= 4 is 27.7 Å². The predicted octanol–water partition coefficient (Wildman–Crippen LogP) is 2.05. The van der Waals surface area contributed by atoms with Gasteiger partial charge < -0.3 is 15.0 Å². The molecule has 3 aromatic rings. The van der Waals surface area contributed by atoms with Gasteiger partial charge >= 0.3 is 0 Å². The normalized spacial score (nSPS) is 19.4. The molecule has 2 aromatic carbocycles. The van der Waals surface area contributed by atoms with E-state index in [1.54, 1.807) is 0 Å². The molecule has 1 saturated carbocycles. The fourth-order valence-electron chi connectivity index (χ4n) is 4.60. The first-order valence-electron chi connectivity index (χ1n) is 11.1. The summed E-state index contributed by atoms with van der Waals surface area (Å²) in [5.41, 5.74) is 2.34. The zero-order valence-electron chi connectivity index (χ0n) is 17.3. The number of hydrogen-bond donors (Lipinski definition) is 2. The largest absolute Gasteiger partial charge is 0.390 e. The molecule has 1 saturated heterocycles. The fraction of sp³-hybridized carbons (Fsp3) is 0.458. The molecule has 1 aliphatic carbocycles. The van der Waals surface area contributed by atoms with Crippen LogP contribution in [-0.4, -0.2) is 76.8 Å². The molecule has 158 valence electrons. The van der Waals surface area contributed by atoms with Crippen LogP contribution in [0, 0.1) is 0 Å². The summed E-state index contributed by atoms with van der Waals surface area (Å²) in [6.07, 6.45) is 1.82. The van der Waals surface area contributed by atoms with Crippen molar-refractivity contribution in [1.29, 1.82) is 0 Å². The summed E-state index contributed by atoms with van der Waals surface area (Å²) < 4.78 is 2.24. The Morgan fingerprint density at radius 1 is 0.900 bits per heavy atom. The Morgan fingerprint density at radius 2 is 1.47 bits per heavy atom. The first kappa shape index (κ1) is 19.5. The summed E-state index contributed by atoms with van der Waals surface area (Å²) in [7, 11) is 0. The van der Waals surface area contributed by atoms with Gasteiger partial charge in [0, 0.05) is 60.6 Å². The van der Waals surface area contributed by atoms with Gasteiger partial charge in [0.1, 0.15) is 0 Å². The Labute approximate surface area is 177 Å². The number of carbonyl (C=O) groups is 1. The number of amides is 1. The number of aliphatic hydroxyl groups is 1. The molecule has 30 heavy (non-hydrogen) atoms. The number of aromatic nitrogens is 1. The second-order valence-electron chi connectivity index (χ2n) is 8.72. The van der Waals surface area contributed by atoms with E-state index in [2.05, 4.69) is 68.2 Å². The summed E-state index contributed by atoms with van der Waals surface area (Å²) in [6, 6.07) is 17.2. The maximum Gasteiger partial charge on any atom is 0.234 e. The molecule has 1 amide bonds. The number of piperazine rings is 1. The summed E-state index contributed by atoms with van der Waals surface area (Å²) in [4.78, 5) is 16.5. The Hall–Kier alpha value is -2.41. The van der Waals surface area contributed by atoms with Crippen LogP contribution in [0.25, 0.3) is 21.8 Å². The van der Waals surface area contributed by atoms with Crippen LogP contribution < -0.4 is 5.32 Å². The molecule has 6 heteroatoms. The number of aliphatic hydroxyl groups excluding tert-OH is 1. The van der Waals surface area contributed by atoms with Crippen LogP contribution in [0.15, 0.2) is 48.5 Å². The monoisotopic (exact) mass is 406 g/mol. The zero-order chi connectivity index (χ0) is 20.5. The quantitative estimate of drug-likeness (QED) is 0.631. The Kier molecular flexibility index (Phi) is 5.46. The van der Waals surface area contributed by atoms with Crippen molar-refractivity contribution in [2.24, 2.45) is 0 Å². The van der Waals surface area contributed by atoms with Gasteiger partial charge in [-0.15, -0.1) is 0 Å². The lowest BCUT2D eigenvalue weighted by Gasteiger charge is -2.35. The molecule has 0 unspecified atom stereocenters. The highest BCUT2D eigenvalue weighted by atomic mass is 16.3. The van der Waals surface area contributed by atoms with Crippen LogP contribution in [0.3, 0.4) is 0 Å². The van der Waals surface area contributed by atoms with Crippen LogP contribution in [-0.2, 0) is 11.3 Å². The molecule has 0 bridgehead atoms. The van der Waals surface area contributed by atoms with Crippen molar-refractivity contribution in [2.75, 3.05) is 39.3 Å². The van der Waals surface area contributed by atoms with E-state index < -0.39 is 6.10 Å². The van der Waals surface area contributed by atoms with Crippen molar-refractivity contribution in [3.8, 4) is 0 Å². The molecule has 1 aromatic heterocycles. The Bertz CT molecular complexity index is 981. The van der Waals surface area contributed by atoms with Crippen molar-refractivity contribution in [2.45, 2.75) is 31.5 Å². The van der Waals surface area contributed by atoms with Crippen molar-refractivity contribution in [1.82, 2.24) is 19.7 Å². The van der Waals surface area contributed by atoms with Crippen LogP contribution in [0.5, 0.6) is 0 Å². The highest BCUT2D eigenvalue weighted by Gasteiger charge is 2.26. The summed E-state index contributed by atoms with van der Waals surface area (Å²) in [6.45, 7) is 5.26. The number of benzene rings is 2. The maximum atomic E-state index is 12.0. The van der Waals surface area contributed by atoms with E-state index in [-0.39, 0.29) is 5.91 Å². The maximum absolute atomic E-state index is 12.0. The van der Waals surface area contributed by atoms with Crippen LogP contribution in [0.1, 0.15) is 12.8 Å². The van der Waals surface area contributed by atoms with E-state index in [0.717, 1.165) is 39.0 Å². The van der Waals surface area contributed by atoms with E-state index in [9.17, 15) is 9.90 Å². The number of β-amino-alcohol motifs (C(OH)–C–C–N with tert-alkyl or cyclic N) is 1. The minimum atomic E-state index is -0.436. The van der Waals surface area contributed by atoms with Crippen LogP contribution in [0.4, 0.5) is 0 Å². The molecule has 2 fully saturated rings. The van der Waals surface area contributed by atoms with E-state index in [4.69, 9.17) is 0 Å².